The van der Waals surface area contributed by atoms with Crippen LogP contribution in [0.2, 0.25) is 0 Å². The average molecular weight is 273 g/mol. The molecule has 0 spiro atoms. The SMILES string of the molecule is N#CCCc1nc(C2CSc3ccccc3O2)no1. The number of ether oxygens (including phenoxy) is 1. The third kappa shape index (κ3) is 2.56. The van der Waals surface area contributed by atoms with E-state index in [1.807, 2.05) is 24.3 Å². The molecule has 1 aliphatic heterocycles. The summed E-state index contributed by atoms with van der Waals surface area (Å²) in [5.74, 6) is 2.65. The van der Waals surface area contributed by atoms with Crippen molar-refractivity contribution < 1.29 is 9.26 Å². The lowest BCUT2D eigenvalue weighted by molar-refractivity contribution is 0.205. The Bertz CT molecular complexity index is 620. The van der Waals surface area contributed by atoms with E-state index in [-0.39, 0.29) is 6.10 Å². The second-order valence-electron chi connectivity index (χ2n) is 4.07. The Balaban J connectivity index is 1.74. The number of aryl methyl sites for hydroxylation is 1. The molecular formula is C13H11N3O2S. The molecule has 1 aromatic heterocycles. The van der Waals surface area contributed by atoms with Gasteiger partial charge in [-0.2, -0.15) is 10.2 Å². The van der Waals surface area contributed by atoms with E-state index in [9.17, 15) is 0 Å². The van der Waals surface area contributed by atoms with Crippen LogP contribution in [0.4, 0.5) is 0 Å². The van der Waals surface area contributed by atoms with E-state index < -0.39 is 0 Å². The number of benzene rings is 1. The van der Waals surface area contributed by atoms with Gasteiger partial charge >= 0.3 is 0 Å². The standard InChI is InChI=1S/C13H11N3O2S/c14-7-3-6-12-15-13(16-18-12)10-8-19-11-5-2-1-4-9(11)17-10/h1-2,4-5,10H,3,6,8H2. The summed E-state index contributed by atoms with van der Waals surface area (Å²) in [5, 5.41) is 12.5. The molecule has 1 atom stereocenters. The molecule has 2 heterocycles. The number of aromatic nitrogens is 2. The first-order valence-electron chi connectivity index (χ1n) is 5.95. The molecule has 96 valence electrons. The molecule has 0 saturated carbocycles. The van der Waals surface area contributed by atoms with Crippen LogP contribution < -0.4 is 4.74 Å². The molecule has 0 radical (unpaired) electrons. The molecule has 5 nitrogen and oxygen atoms in total. The third-order valence-corrected chi connectivity index (χ3v) is 3.85. The first-order chi connectivity index (χ1) is 9.36. The summed E-state index contributed by atoms with van der Waals surface area (Å²) < 4.78 is 11.0. The van der Waals surface area contributed by atoms with Gasteiger partial charge in [-0.15, -0.1) is 11.8 Å². The van der Waals surface area contributed by atoms with Crippen molar-refractivity contribution in [3.8, 4) is 11.8 Å². The smallest absolute Gasteiger partial charge is 0.227 e. The van der Waals surface area contributed by atoms with Crippen LogP contribution in [0.25, 0.3) is 0 Å². The number of nitriles is 1. The van der Waals surface area contributed by atoms with Gasteiger partial charge in [0.1, 0.15) is 5.75 Å². The summed E-state index contributed by atoms with van der Waals surface area (Å²) in [6, 6.07) is 9.95. The zero-order valence-electron chi connectivity index (χ0n) is 10.1. The van der Waals surface area contributed by atoms with Gasteiger partial charge in [-0.25, -0.2) is 0 Å². The molecular weight excluding hydrogens is 262 g/mol. The van der Waals surface area contributed by atoms with E-state index in [2.05, 4.69) is 16.2 Å². The van der Waals surface area contributed by atoms with Crippen molar-refractivity contribution in [1.82, 2.24) is 10.1 Å². The minimum absolute atomic E-state index is 0.195. The lowest BCUT2D eigenvalue weighted by atomic mass is 10.3. The Morgan fingerprint density at radius 2 is 2.32 bits per heavy atom. The Morgan fingerprint density at radius 1 is 1.42 bits per heavy atom. The van der Waals surface area contributed by atoms with E-state index >= 15 is 0 Å². The summed E-state index contributed by atoms with van der Waals surface area (Å²) in [6.45, 7) is 0. The number of hydrogen-bond acceptors (Lipinski definition) is 6. The van der Waals surface area contributed by atoms with Crippen molar-refractivity contribution in [1.29, 1.82) is 5.26 Å². The molecule has 0 saturated heterocycles. The van der Waals surface area contributed by atoms with Crippen molar-refractivity contribution in [2.75, 3.05) is 5.75 Å². The summed E-state index contributed by atoms with van der Waals surface area (Å²) in [4.78, 5) is 5.41. The van der Waals surface area contributed by atoms with Crippen LogP contribution in [-0.4, -0.2) is 15.9 Å². The monoisotopic (exact) mass is 273 g/mol. The van der Waals surface area contributed by atoms with Gasteiger partial charge in [-0.3, -0.25) is 0 Å². The second-order valence-corrected chi connectivity index (χ2v) is 5.13. The molecule has 6 heteroatoms. The van der Waals surface area contributed by atoms with Crippen molar-refractivity contribution in [3.63, 3.8) is 0 Å². The Labute approximate surface area is 114 Å². The predicted octanol–water partition coefficient (Wildman–Crippen LogP) is 2.75. The fourth-order valence-electron chi connectivity index (χ4n) is 1.81. The van der Waals surface area contributed by atoms with Crippen LogP contribution >= 0.6 is 11.8 Å². The van der Waals surface area contributed by atoms with E-state index in [1.165, 1.54) is 0 Å². The lowest BCUT2D eigenvalue weighted by Crippen LogP contribution is -2.16. The van der Waals surface area contributed by atoms with Crippen molar-refractivity contribution >= 4 is 11.8 Å². The van der Waals surface area contributed by atoms with E-state index in [1.54, 1.807) is 11.8 Å². The number of hydrogen-bond donors (Lipinski definition) is 0. The molecule has 3 rings (SSSR count). The molecule has 0 bridgehead atoms. The molecule has 0 amide bonds. The highest BCUT2D eigenvalue weighted by Gasteiger charge is 2.25. The van der Waals surface area contributed by atoms with Crippen molar-refractivity contribution in [2.24, 2.45) is 0 Å². The fraction of sp³-hybridized carbons (Fsp3) is 0.308. The zero-order valence-corrected chi connectivity index (χ0v) is 10.9. The average Bonchev–Trinajstić information content (AvgIpc) is 2.93. The molecule has 2 aromatic rings. The number of para-hydroxylation sites is 1. The van der Waals surface area contributed by atoms with Gasteiger partial charge in [0.05, 0.1) is 6.07 Å². The van der Waals surface area contributed by atoms with Gasteiger partial charge in [0.2, 0.25) is 11.7 Å². The highest BCUT2D eigenvalue weighted by atomic mass is 32.2. The Morgan fingerprint density at radius 3 is 3.21 bits per heavy atom. The number of rotatable bonds is 3. The number of nitrogens with zero attached hydrogens (tertiary/aromatic N) is 3. The molecule has 19 heavy (non-hydrogen) atoms. The topological polar surface area (TPSA) is 71.9 Å². The van der Waals surface area contributed by atoms with E-state index in [4.69, 9.17) is 14.5 Å². The quantitative estimate of drug-likeness (QED) is 0.856. The van der Waals surface area contributed by atoms with Gasteiger partial charge in [-0.05, 0) is 12.1 Å². The maximum atomic E-state index is 8.52. The first kappa shape index (κ1) is 12.1. The van der Waals surface area contributed by atoms with E-state index in [0.717, 1.165) is 16.4 Å². The Hall–Kier alpha value is -2.00. The molecule has 1 aromatic carbocycles. The largest absolute Gasteiger partial charge is 0.480 e. The van der Waals surface area contributed by atoms with Crippen LogP contribution in [0.1, 0.15) is 24.2 Å². The third-order valence-electron chi connectivity index (χ3n) is 2.73. The van der Waals surface area contributed by atoms with Gasteiger partial charge in [0.25, 0.3) is 0 Å². The minimum atomic E-state index is -0.195. The van der Waals surface area contributed by atoms with Crippen LogP contribution in [0, 0.1) is 11.3 Å². The van der Waals surface area contributed by atoms with E-state index in [0.29, 0.717) is 24.6 Å². The Kier molecular flexibility index (Phi) is 3.38. The van der Waals surface area contributed by atoms with Crippen LogP contribution in [-0.2, 0) is 6.42 Å². The molecule has 1 aliphatic rings. The highest BCUT2D eigenvalue weighted by molar-refractivity contribution is 7.99. The summed E-state index contributed by atoms with van der Waals surface area (Å²) >= 11 is 1.72. The number of fused-ring (bicyclic) bond motifs is 1. The van der Waals surface area contributed by atoms with Gasteiger partial charge < -0.3 is 9.26 Å². The second kappa shape index (κ2) is 5.33. The van der Waals surface area contributed by atoms with Gasteiger partial charge in [0, 0.05) is 23.5 Å². The molecule has 0 N–H and O–H groups in total. The maximum Gasteiger partial charge on any atom is 0.227 e. The van der Waals surface area contributed by atoms with Crippen molar-refractivity contribution in [2.45, 2.75) is 23.8 Å². The number of thioether (sulfide) groups is 1. The summed E-state index contributed by atoms with van der Waals surface area (Å²) in [7, 11) is 0. The van der Waals surface area contributed by atoms with Crippen molar-refractivity contribution in [3.05, 3.63) is 36.0 Å². The lowest BCUT2D eigenvalue weighted by Gasteiger charge is -2.22. The van der Waals surface area contributed by atoms with Crippen LogP contribution in [0.15, 0.2) is 33.7 Å². The normalized spacial score (nSPS) is 17.3. The summed E-state index contributed by atoms with van der Waals surface area (Å²) in [5.41, 5.74) is 0. The molecule has 0 fully saturated rings. The van der Waals surface area contributed by atoms with Gasteiger partial charge in [-0.1, -0.05) is 17.3 Å². The molecule has 0 aliphatic carbocycles. The fourth-order valence-corrected chi connectivity index (χ4v) is 2.79. The summed E-state index contributed by atoms with van der Waals surface area (Å²) in [6.07, 6.45) is 0.671. The zero-order chi connectivity index (χ0) is 13.1. The molecule has 1 unspecified atom stereocenters. The van der Waals surface area contributed by atoms with Crippen LogP contribution in [0.3, 0.4) is 0 Å². The van der Waals surface area contributed by atoms with Gasteiger partial charge in [0.15, 0.2) is 6.10 Å². The first-order valence-corrected chi connectivity index (χ1v) is 6.93. The minimum Gasteiger partial charge on any atom is -0.480 e. The van der Waals surface area contributed by atoms with Crippen LogP contribution in [0.5, 0.6) is 5.75 Å². The predicted molar refractivity (Wildman–Crippen MR) is 68.8 cm³/mol. The highest BCUT2D eigenvalue weighted by Crippen LogP contribution is 2.39. The maximum absolute atomic E-state index is 8.52.